The summed E-state index contributed by atoms with van der Waals surface area (Å²) in [5, 5.41) is 0. The lowest BCUT2D eigenvalue weighted by Gasteiger charge is -2.10. The number of rotatable bonds is 5. The molecule has 20 heavy (non-hydrogen) atoms. The zero-order valence-electron chi connectivity index (χ0n) is 12.1. The topological polar surface area (TPSA) is 78.0 Å². The van der Waals surface area contributed by atoms with Gasteiger partial charge in [-0.15, -0.1) is 0 Å². The van der Waals surface area contributed by atoms with E-state index in [9.17, 15) is 8.42 Å². The molecule has 110 valence electrons. The lowest BCUT2D eigenvalue weighted by molar-refractivity contribution is 0.561. The molecule has 2 aromatic rings. The van der Waals surface area contributed by atoms with Crippen molar-refractivity contribution in [3.05, 3.63) is 24.0 Å². The van der Waals surface area contributed by atoms with Crippen molar-refractivity contribution in [2.45, 2.75) is 37.1 Å². The monoisotopic (exact) mass is 295 g/mol. The standard InChI is InChI=1S/C14H21N3O2S/c1-4-5-6-11(15)14-16-12-9-10(20(3,18)19)7-8-13(12)17(14)2/h7-9,11H,4-6,15H2,1-3H3. The molecule has 1 aromatic carbocycles. The first-order valence-corrected chi connectivity index (χ1v) is 8.65. The van der Waals surface area contributed by atoms with Crippen molar-refractivity contribution in [3.8, 4) is 0 Å². The van der Waals surface area contributed by atoms with Crippen LogP contribution in [0.2, 0.25) is 0 Å². The molecule has 0 fully saturated rings. The molecule has 0 aliphatic carbocycles. The summed E-state index contributed by atoms with van der Waals surface area (Å²) < 4.78 is 25.1. The minimum atomic E-state index is -3.21. The summed E-state index contributed by atoms with van der Waals surface area (Å²) >= 11 is 0. The molecule has 0 aliphatic rings. The predicted molar refractivity (Wildman–Crippen MR) is 80.3 cm³/mol. The molecule has 2 rings (SSSR count). The zero-order valence-corrected chi connectivity index (χ0v) is 12.9. The van der Waals surface area contributed by atoms with E-state index in [0.29, 0.717) is 5.52 Å². The van der Waals surface area contributed by atoms with Crippen LogP contribution in [0.5, 0.6) is 0 Å². The largest absolute Gasteiger partial charge is 0.330 e. The zero-order chi connectivity index (χ0) is 14.9. The van der Waals surface area contributed by atoms with Crippen LogP contribution in [-0.2, 0) is 16.9 Å². The molecule has 5 nitrogen and oxygen atoms in total. The van der Waals surface area contributed by atoms with Gasteiger partial charge in [-0.25, -0.2) is 13.4 Å². The van der Waals surface area contributed by atoms with Gasteiger partial charge >= 0.3 is 0 Å². The lowest BCUT2D eigenvalue weighted by Crippen LogP contribution is -2.15. The van der Waals surface area contributed by atoms with E-state index >= 15 is 0 Å². The van der Waals surface area contributed by atoms with Gasteiger partial charge in [0.2, 0.25) is 0 Å². The Bertz CT molecular complexity index is 719. The van der Waals surface area contributed by atoms with Crippen LogP contribution in [0.4, 0.5) is 0 Å². The molecule has 1 unspecified atom stereocenters. The number of nitrogens with two attached hydrogens (primary N) is 1. The molecule has 0 saturated carbocycles. The highest BCUT2D eigenvalue weighted by atomic mass is 32.2. The molecule has 1 aromatic heterocycles. The second-order valence-electron chi connectivity index (χ2n) is 5.20. The molecule has 1 heterocycles. The summed E-state index contributed by atoms with van der Waals surface area (Å²) in [5.41, 5.74) is 7.75. The molecule has 0 saturated heterocycles. The Hall–Kier alpha value is -1.40. The number of aromatic nitrogens is 2. The Morgan fingerprint density at radius 1 is 1.40 bits per heavy atom. The maximum Gasteiger partial charge on any atom is 0.175 e. The van der Waals surface area contributed by atoms with Gasteiger partial charge in [-0.3, -0.25) is 0 Å². The molecule has 0 radical (unpaired) electrons. The summed E-state index contributed by atoms with van der Waals surface area (Å²) in [7, 11) is -1.30. The number of hydrogen-bond acceptors (Lipinski definition) is 4. The first-order chi connectivity index (χ1) is 9.34. The normalized spacial score (nSPS) is 13.8. The molecule has 1 atom stereocenters. The summed E-state index contributed by atoms with van der Waals surface area (Å²) in [6, 6.07) is 4.89. The van der Waals surface area contributed by atoms with Gasteiger partial charge in [0, 0.05) is 13.3 Å². The minimum absolute atomic E-state index is 0.117. The third kappa shape index (κ3) is 2.86. The molecule has 0 aliphatic heterocycles. The van der Waals surface area contributed by atoms with Crippen LogP contribution >= 0.6 is 0 Å². The van der Waals surface area contributed by atoms with Gasteiger partial charge in [0.25, 0.3) is 0 Å². The summed E-state index contributed by atoms with van der Waals surface area (Å²) in [6.45, 7) is 2.13. The molecular weight excluding hydrogens is 274 g/mol. The fourth-order valence-electron chi connectivity index (χ4n) is 2.31. The van der Waals surface area contributed by atoms with Crippen molar-refractivity contribution < 1.29 is 8.42 Å². The predicted octanol–water partition coefficient (Wildman–Crippen LogP) is 2.17. The van der Waals surface area contributed by atoms with Gasteiger partial charge in [-0.2, -0.15) is 0 Å². The summed E-state index contributed by atoms with van der Waals surface area (Å²) in [5.74, 6) is 0.805. The highest BCUT2D eigenvalue weighted by Crippen LogP contribution is 2.23. The third-order valence-corrected chi connectivity index (χ3v) is 4.63. The number of unbranched alkanes of at least 4 members (excludes halogenated alkanes) is 1. The highest BCUT2D eigenvalue weighted by Gasteiger charge is 2.16. The average molecular weight is 295 g/mol. The van der Waals surface area contributed by atoms with Crippen molar-refractivity contribution in [1.29, 1.82) is 0 Å². The fraction of sp³-hybridized carbons (Fsp3) is 0.500. The van der Waals surface area contributed by atoms with E-state index in [1.54, 1.807) is 18.2 Å². The number of imidazole rings is 1. The molecule has 6 heteroatoms. The SMILES string of the molecule is CCCCC(N)c1nc2cc(S(C)(=O)=O)ccc2n1C. The van der Waals surface area contributed by atoms with Crippen molar-refractivity contribution >= 4 is 20.9 Å². The Morgan fingerprint density at radius 3 is 2.70 bits per heavy atom. The van der Waals surface area contributed by atoms with Crippen molar-refractivity contribution in [2.24, 2.45) is 12.8 Å². The Balaban J connectivity index is 2.47. The number of aryl methyl sites for hydroxylation is 1. The first kappa shape index (κ1) is 15.0. The fourth-order valence-corrected chi connectivity index (χ4v) is 2.95. The first-order valence-electron chi connectivity index (χ1n) is 6.76. The van der Waals surface area contributed by atoms with Crippen LogP contribution < -0.4 is 5.73 Å². The van der Waals surface area contributed by atoms with Crippen LogP contribution in [0.3, 0.4) is 0 Å². The Morgan fingerprint density at radius 2 is 2.10 bits per heavy atom. The van der Waals surface area contributed by atoms with Crippen molar-refractivity contribution in [1.82, 2.24) is 9.55 Å². The van der Waals surface area contributed by atoms with E-state index in [-0.39, 0.29) is 10.9 Å². The van der Waals surface area contributed by atoms with E-state index in [1.807, 2.05) is 11.6 Å². The van der Waals surface area contributed by atoms with Crippen LogP contribution in [0, 0.1) is 0 Å². The molecule has 0 bridgehead atoms. The van der Waals surface area contributed by atoms with Crippen LogP contribution in [-0.4, -0.2) is 24.2 Å². The van der Waals surface area contributed by atoms with E-state index < -0.39 is 9.84 Å². The summed E-state index contributed by atoms with van der Waals surface area (Å²) in [6.07, 6.45) is 4.23. The van der Waals surface area contributed by atoms with Gasteiger partial charge in [-0.1, -0.05) is 19.8 Å². The second-order valence-corrected chi connectivity index (χ2v) is 7.22. The molecule has 2 N–H and O–H groups in total. The number of sulfone groups is 1. The van der Waals surface area contributed by atoms with Crippen molar-refractivity contribution in [2.75, 3.05) is 6.26 Å². The lowest BCUT2D eigenvalue weighted by atomic mass is 10.1. The van der Waals surface area contributed by atoms with Gasteiger partial charge in [0.15, 0.2) is 9.84 Å². The van der Waals surface area contributed by atoms with Crippen molar-refractivity contribution in [3.63, 3.8) is 0 Å². The highest BCUT2D eigenvalue weighted by molar-refractivity contribution is 7.90. The van der Waals surface area contributed by atoms with E-state index in [0.717, 1.165) is 30.6 Å². The Kier molecular flexibility index (Phi) is 4.15. The third-order valence-electron chi connectivity index (χ3n) is 3.52. The van der Waals surface area contributed by atoms with Gasteiger partial charge < -0.3 is 10.3 Å². The smallest absolute Gasteiger partial charge is 0.175 e. The average Bonchev–Trinajstić information content (AvgIpc) is 2.72. The molecular formula is C14H21N3O2S. The van der Waals surface area contributed by atoms with E-state index in [1.165, 1.54) is 6.26 Å². The van der Waals surface area contributed by atoms with Crippen LogP contribution in [0.25, 0.3) is 11.0 Å². The summed E-state index contributed by atoms with van der Waals surface area (Å²) in [4.78, 5) is 4.80. The number of hydrogen-bond donors (Lipinski definition) is 1. The Labute approximate surface area is 119 Å². The quantitative estimate of drug-likeness (QED) is 0.917. The van der Waals surface area contributed by atoms with E-state index in [4.69, 9.17) is 5.73 Å². The van der Waals surface area contributed by atoms with Crippen LogP contribution in [0.15, 0.2) is 23.1 Å². The van der Waals surface area contributed by atoms with Gasteiger partial charge in [-0.05, 0) is 24.6 Å². The number of benzene rings is 1. The maximum atomic E-state index is 11.6. The van der Waals surface area contributed by atoms with E-state index in [2.05, 4.69) is 11.9 Å². The molecule has 0 spiro atoms. The molecule has 0 amide bonds. The second kappa shape index (κ2) is 5.54. The maximum absolute atomic E-state index is 11.6. The number of fused-ring (bicyclic) bond motifs is 1. The van der Waals surface area contributed by atoms with Crippen LogP contribution in [0.1, 0.15) is 38.1 Å². The van der Waals surface area contributed by atoms with Gasteiger partial charge in [0.05, 0.1) is 22.0 Å². The van der Waals surface area contributed by atoms with Gasteiger partial charge in [0.1, 0.15) is 5.82 Å². The minimum Gasteiger partial charge on any atom is -0.330 e. The number of nitrogens with zero attached hydrogens (tertiary/aromatic N) is 2.